The quantitative estimate of drug-likeness (QED) is 0.230. The second-order valence-electron chi connectivity index (χ2n) is 11.0. The van der Waals surface area contributed by atoms with Gasteiger partial charge in [0.15, 0.2) is 11.5 Å². The Balaban J connectivity index is 1.91. The van der Waals surface area contributed by atoms with Crippen LogP contribution in [0, 0.1) is 17.0 Å². The third-order valence-electron chi connectivity index (χ3n) is 7.02. The number of benzene rings is 2. The van der Waals surface area contributed by atoms with E-state index in [-0.39, 0.29) is 43.6 Å². The highest BCUT2D eigenvalue weighted by atomic mass is 35.5. The van der Waals surface area contributed by atoms with E-state index in [9.17, 15) is 14.5 Å². The third-order valence-corrected chi connectivity index (χ3v) is 8.82. The van der Waals surface area contributed by atoms with Crippen LogP contribution < -0.4 is 15.8 Å². The van der Waals surface area contributed by atoms with Gasteiger partial charge in [-0.05, 0) is 35.8 Å². The van der Waals surface area contributed by atoms with Crippen LogP contribution in [0.4, 0.5) is 8.78 Å². The van der Waals surface area contributed by atoms with Gasteiger partial charge in [-0.1, -0.05) is 67.9 Å². The van der Waals surface area contributed by atoms with Gasteiger partial charge in [0.25, 0.3) is 0 Å². The van der Waals surface area contributed by atoms with Crippen molar-refractivity contribution in [1.82, 2.24) is 10.0 Å². The molecular weight excluding hydrogens is 595 g/mol. The van der Waals surface area contributed by atoms with Crippen molar-refractivity contribution < 1.29 is 28.0 Å². The molecule has 41 heavy (non-hydrogen) atoms. The van der Waals surface area contributed by atoms with E-state index in [0.29, 0.717) is 6.42 Å². The van der Waals surface area contributed by atoms with Crippen LogP contribution >= 0.6 is 23.2 Å². The summed E-state index contributed by atoms with van der Waals surface area (Å²) in [5.74, 6) is -3.77. The van der Waals surface area contributed by atoms with Crippen LogP contribution in [0.1, 0.15) is 44.2 Å². The summed E-state index contributed by atoms with van der Waals surface area (Å²) in [6.07, 6.45) is 1.60. The fourth-order valence-electron chi connectivity index (χ4n) is 5.25. The van der Waals surface area contributed by atoms with Gasteiger partial charge in [-0.25, -0.2) is 13.6 Å². The van der Waals surface area contributed by atoms with E-state index in [2.05, 4.69) is 21.5 Å². The highest BCUT2D eigenvalue weighted by Gasteiger charge is 2.61. The summed E-state index contributed by atoms with van der Waals surface area (Å²) < 4.78 is 53.4. The number of halogens is 4. The molecule has 2 aromatic carbocycles. The van der Waals surface area contributed by atoms with Crippen LogP contribution in [0.2, 0.25) is 10.0 Å². The fraction of sp³-hybridized carbons (Fsp3) is 0.345. The summed E-state index contributed by atoms with van der Waals surface area (Å²) in [5.41, 5.74) is 10.3. The Morgan fingerprint density at radius 3 is 2.59 bits per heavy atom. The fourth-order valence-corrected chi connectivity index (χ4v) is 6.98. The third kappa shape index (κ3) is 6.21. The number of hydrogen-bond acceptors (Lipinski definition) is 6. The van der Waals surface area contributed by atoms with E-state index in [4.69, 9.17) is 33.7 Å². The Hall–Kier alpha value is -2.78. The maximum atomic E-state index is 15.7. The maximum absolute atomic E-state index is 15.7. The first-order valence-electron chi connectivity index (χ1n) is 12.5. The maximum Gasteiger partial charge on any atom is 0.344 e. The Kier molecular flexibility index (Phi) is 9.00. The predicted octanol–water partition coefficient (Wildman–Crippen LogP) is 5.39. The molecule has 2 aromatic rings. The molecule has 0 aromatic heterocycles. The van der Waals surface area contributed by atoms with Crippen molar-refractivity contribution in [3.63, 3.8) is 0 Å². The molecule has 1 saturated heterocycles. The van der Waals surface area contributed by atoms with Gasteiger partial charge in [-0.15, -0.1) is 0 Å². The van der Waals surface area contributed by atoms with Gasteiger partial charge in [-0.2, -0.15) is 4.72 Å². The zero-order valence-electron chi connectivity index (χ0n) is 22.7. The molecule has 2 aliphatic rings. The first kappa shape index (κ1) is 31.2. The second-order valence-corrected chi connectivity index (χ2v) is 13.2. The number of carbonyl (C=O) groups is 1. The van der Waals surface area contributed by atoms with Gasteiger partial charge in [0.05, 0.1) is 35.0 Å². The number of methoxy groups -OCH3 is 1. The molecule has 4 rings (SSSR count). The average molecular weight is 625 g/mol. The van der Waals surface area contributed by atoms with Crippen LogP contribution in [0.25, 0.3) is 0 Å². The van der Waals surface area contributed by atoms with Crippen molar-refractivity contribution in [3.8, 4) is 0 Å². The predicted molar refractivity (Wildman–Crippen MR) is 154 cm³/mol. The van der Waals surface area contributed by atoms with Gasteiger partial charge in [0.2, 0.25) is 5.37 Å². The number of rotatable bonds is 8. The number of nitrogens with one attached hydrogen (secondary N) is 2. The SMILES string of the molecule is COC1=CC(C(=O)O)=C=C=C1N[S+]([O-])[C@@H]1N[C@@H](CC(C)(C)C)[C@](N)(c2ccc(Cl)cc2F)[C@H]1c1cccc(Cl)c1F. The lowest BCUT2D eigenvalue weighted by Gasteiger charge is -2.39. The van der Waals surface area contributed by atoms with Crippen molar-refractivity contribution in [2.45, 2.75) is 50.1 Å². The van der Waals surface area contributed by atoms with E-state index in [0.717, 1.165) is 6.07 Å². The standard InChI is InChI=1S/C29H29Cl2F2N3O4S/c1-28(2,3)14-23-29(34,18-10-9-16(30)13-20(18)32)24(17-6-5-7-19(31)25(17)33)26(35-23)41(39)36-21-11-8-15(27(37)38)12-22(21)40-4/h5-7,9-10,12-13,23-24,26,35-36H,14,34H2,1-4H3,(H,37,38)/t23-,24-,26-,29+,41?/m0/s1. The monoisotopic (exact) mass is 623 g/mol. The largest absolute Gasteiger partial charge is 0.592 e. The van der Waals surface area contributed by atoms with Crippen LogP contribution in [-0.4, -0.2) is 34.2 Å². The molecule has 1 heterocycles. The Bertz CT molecular complexity index is 1520. The lowest BCUT2D eigenvalue weighted by Crippen LogP contribution is -2.52. The Labute approximate surface area is 250 Å². The zero-order chi connectivity index (χ0) is 30.3. The summed E-state index contributed by atoms with van der Waals surface area (Å²) in [5, 5.41) is 11.5. The first-order valence-corrected chi connectivity index (χ1v) is 14.5. The summed E-state index contributed by atoms with van der Waals surface area (Å²) >= 11 is 10.1. The van der Waals surface area contributed by atoms with E-state index in [1.54, 1.807) is 6.07 Å². The smallest absolute Gasteiger partial charge is 0.344 e. The lowest BCUT2D eigenvalue weighted by molar-refractivity contribution is -0.132. The molecule has 5 atom stereocenters. The number of hydrogen-bond donors (Lipinski definition) is 4. The van der Waals surface area contributed by atoms with Gasteiger partial charge >= 0.3 is 5.97 Å². The van der Waals surface area contributed by atoms with Gasteiger partial charge < -0.3 is 20.1 Å². The topological polar surface area (TPSA) is 120 Å². The van der Waals surface area contributed by atoms with E-state index in [1.165, 1.54) is 37.5 Å². The summed E-state index contributed by atoms with van der Waals surface area (Å²) in [7, 11) is 1.31. The van der Waals surface area contributed by atoms with Crippen molar-refractivity contribution in [3.05, 3.63) is 104 Å². The second kappa shape index (κ2) is 11.8. The summed E-state index contributed by atoms with van der Waals surface area (Å²) in [6.45, 7) is 5.93. The highest BCUT2D eigenvalue weighted by Crippen LogP contribution is 2.50. The Morgan fingerprint density at radius 2 is 1.98 bits per heavy atom. The molecule has 0 saturated carbocycles. The van der Waals surface area contributed by atoms with Crippen LogP contribution in [-0.2, 0) is 26.4 Å². The minimum absolute atomic E-state index is 0.0436. The number of ether oxygens (including phenoxy) is 1. The van der Waals surface area contributed by atoms with E-state index in [1.807, 2.05) is 20.8 Å². The molecule has 0 spiro atoms. The Morgan fingerprint density at radius 1 is 1.27 bits per heavy atom. The molecule has 1 fully saturated rings. The van der Waals surface area contributed by atoms with Crippen LogP contribution in [0.3, 0.4) is 0 Å². The molecule has 0 bridgehead atoms. The molecule has 0 radical (unpaired) electrons. The molecular formula is C29H29Cl2F2N3O4S. The van der Waals surface area contributed by atoms with Gasteiger partial charge in [0, 0.05) is 28.3 Å². The number of nitrogens with two attached hydrogens (primary N) is 1. The average Bonchev–Trinajstić information content (AvgIpc) is 3.16. The molecule has 0 amide bonds. The lowest BCUT2D eigenvalue weighted by atomic mass is 9.70. The summed E-state index contributed by atoms with van der Waals surface area (Å²) in [4.78, 5) is 11.4. The van der Waals surface area contributed by atoms with Crippen LogP contribution in [0.15, 0.2) is 71.0 Å². The van der Waals surface area contributed by atoms with Gasteiger partial charge in [0.1, 0.15) is 17.2 Å². The van der Waals surface area contributed by atoms with Crippen molar-refractivity contribution in [2.24, 2.45) is 11.1 Å². The van der Waals surface area contributed by atoms with E-state index < -0.39 is 51.8 Å². The van der Waals surface area contributed by atoms with Crippen LogP contribution in [0.5, 0.6) is 0 Å². The molecule has 1 aliphatic carbocycles. The normalized spacial score (nSPS) is 24.8. The van der Waals surface area contributed by atoms with Crippen molar-refractivity contribution in [2.75, 3.05) is 7.11 Å². The molecule has 1 aliphatic heterocycles. The molecule has 1 unspecified atom stereocenters. The molecule has 12 heteroatoms. The van der Waals surface area contributed by atoms with Crippen molar-refractivity contribution >= 4 is 40.5 Å². The minimum atomic E-state index is -2.08. The minimum Gasteiger partial charge on any atom is -0.592 e. The number of carboxylic acids is 1. The number of carboxylic acid groups (broad SMARTS) is 1. The molecule has 5 N–H and O–H groups in total. The number of aliphatic carboxylic acids is 1. The van der Waals surface area contributed by atoms with Gasteiger partial charge in [-0.3, -0.25) is 5.32 Å². The zero-order valence-corrected chi connectivity index (χ0v) is 25.0. The first-order chi connectivity index (χ1) is 19.2. The van der Waals surface area contributed by atoms with E-state index >= 15 is 8.78 Å². The molecule has 218 valence electrons. The molecule has 7 nitrogen and oxygen atoms in total. The van der Waals surface area contributed by atoms with Crippen molar-refractivity contribution in [1.29, 1.82) is 0 Å². The highest BCUT2D eigenvalue weighted by molar-refractivity contribution is 7.90. The summed E-state index contributed by atoms with van der Waals surface area (Å²) in [6, 6.07) is 7.79.